The van der Waals surface area contributed by atoms with Gasteiger partial charge >= 0.3 is 12.1 Å². The molecule has 0 spiro atoms. The van der Waals surface area contributed by atoms with Crippen molar-refractivity contribution in [1.29, 1.82) is 0 Å². The lowest BCUT2D eigenvalue weighted by Gasteiger charge is -2.27. The highest BCUT2D eigenvalue weighted by molar-refractivity contribution is 5.98. The Kier molecular flexibility index (Phi) is 10.2. The van der Waals surface area contributed by atoms with E-state index in [1.165, 1.54) is 6.07 Å². The fourth-order valence-electron chi connectivity index (χ4n) is 6.59. The lowest BCUT2D eigenvalue weighted by Crippen LogP contribution is -2.32. The number of carbonyl (C=O) groups excluding carboxylic acids is 1. The summed E-state index contributed by atoms with van der Waals surface area (Å²) in [6, 6.07) is 8.38. The van der Waals surface area contributed by atoms with Crippen LogP contribution in [0.15, 0.2) is 48.9 Å². The molecular formula is C36H40F4N8O2. The fourth-order valence-corrected chi connectivity index (χ4v) is 6.59. The van der Waals surface area contributed by atoms with Crippen LogP contribution in [-0.2, 0) is 48.1 Å². The minimum absolute atomic E-state index is 0.135. The number of aromatic nitrogens is 5. The van der Waals surface area contributed by atoms with Crippen LogP contribution in [0.2, 0.25) is 0 Å². The number of halogens is 4. The molecule has 5 aromatic rings. The highest BCUT2D eigenvalue weighted by Crippen LogP contribution is 2.41. The van der Waals surface area contributed by atoms with Crippen molar-refractivity contribution in [3.63, 3.8) is 0 Å². The first-order chi connectivity index (χ1) is 24.0. The molecule has 0 unspecified atom stereocenters. The van der Waals surface area contributed by atoms with Crippen molar-refractivity contribution in [2.24, 2.45) is 11.5 Å². The third-order valence-corrected chi connectivity index (χ3v) is 9.22. The van der Waals surface area contributed by atoms with E-state index in [1.807, 2.05) is 22.9 Å². The third-order valence-electron chi connectivity index (χ3n) is 9.22. The predicted octanol–water partition coefficient (Wildman–Crippen LogP) is 6.16. The van der Waals surface area contributed by atoms with E-state index >= 15 is 4.39 Å². The Morgan fingerprint density at radius 2 is 1.80 bits per heavy atom. The Labute approximate surface area is 286 Å². The largest absolute Gasteiger partial charge is 0.460 e. The molecule has 2 aromatic carbocycles. The van der Waals surface area contributed by atoms with Gasteiger partial charge in [0.05, 0.1) is 28.2 Å². The molecule has 0 aliphatic carbocycles. The van der Waals surface area contributed by atoms with E-state index in [0.29, 0.717) is 72.9 Å². The zero-order valence-electron chi connectivity index (χ0n) is 28.0. The van der Waals surface area contributed by atoms with Gasteiger partial charge in [-0.2, -0.15) is 18.3 Å². The van der Waals surface area contributed by atoms with Crippen molar-refractivity contribution < 1.29 is 27.1 Å². The SMILES string of the molecule is CCc1cccc(CC)c1-n1nc2c(c1-c1c(F)cc(COC(=O)[C@@H](N)CCCCN)c3[nH]ccc13)CN(c1ncc(C(F)(F)F)cn1)CC2. The van der Waals surface area contributed by atoms with Crippen molar-refractivity contribution in [3.8, 4) is 16.9 Å². The second-order valence-electron chi connectivity index (χ2n) is 12.4. The number of nitrogens with one attached hydrogen (secondary N) is 1. The summed E-state index contributed by atoms with van der Waals surface area (Å²) < 4.78 is 63.9. The number of rotatable bonds is 12. The summed E-state index contributed by atoms with van der Waals surface area (Å²) in [5, 5.41) is 5.64. The number of alkyl halides is 3. The van der Waals surface area contributed by atoms with Crippen LogP contribution < -0.4 is 16.4 Å². The number of ether oxygens (including phenoxy) is 1. The zero-order chi connectivity index (χ0) is 35.6. The molecule has 0 fully saturated rings. The van der Waals surface area contributed by atoms with E-state index in [4.69, 9.17) is 21.3 Å². The van der Waals surface area contributed by atoms with Gasteiger partial charge in [-0.3, -0.25) is 4.79 Å². The number of aromatic amines is 1. The van der Waals surface area contributed by atoms with E-state index < -0.39 is 29.6 Å². The number of para-hydroxylation sites is 1. The number of hydrogen-bond acceptors (Lipinski definition) is 8. The monoisotopic (exact) mass is 692 g/mol. The number of nitrogens with two attached hydrogens (primary N) is 2. The molecule has 10 nitrogen and oxygen atoms in total. The number of hydrogen-bond donors (Lipinski definition) is 3. The lowest BCUT2D eigenvalue weighted by atomic mass is 9.95. The topological polar surface area (TPSA) is 141 Å². The molecule has 0 bridgehead atoms. The van der Waals surface area contributed by atoms with Gasteiger partial charge in [0.25, 0.3) is 0 Å². The average molecular weight is 693 g/mol. The van der Waals surface area contributed by atoms with Crippen molar-refractivity contribution in [2.45, 2.75) is 77.7 Å². The maximum absolute atomic E-state index is 16.7. The van der Waals surface area contributed by atoms with E-state index in [9.17, 15) is 18.0 Å². The number of anilines is 1. The van der Waals surface area contributed by atoms with Crippen LogP contribution in [0.4, 0.5) is 23.5 Å². The van der Waals surface area contributed by atoms with Gasteiger partial charge in [-0.15, -0.1) is 0 Å². The molecule has 264 valence electrons. The van der Waals surface area contributed by atoms with Crippen LogP contribution in [0, 0.1) is 5.82 Å². The summed E-state index contributed by atoms with van der Waals surface area (Å²) in [6.07, 6.45) is 2.41. The predicted molar refractivity (Wildman–Crippen MR) is 182 cm³/mol. The van der Waals surface area contributed by atoms with Gasteiger partial charge in [0.15, 0.2) is 0 Å². The molecule has 1 aliphatic rings. The van der Waals surface area contributed by atoms with E-state index in [1.54, 1.807) is 17.2 Å². The second-order valence-corrected chi connectivity index (χ2v) is 12.4. The number of carbonyl (C=O) groups is 1. The van der Waals surface area contributed by atoms with Crippen molar-refractivity contribution in [2.75, 3.05) is 18.0 Å². The highest BCUT2D eigenvalue weighted by Gasteiger charge is 2.34. The van der Waals surface area contributed by atoms with Gasteiger partial charge in [-0.1, -0.05) is 38.5 Å². The first kappa shape index (κ1) is 35.0. The molecule has 0 saturated heterocycles. The second kappa shape index (κ2) is 14.6. The van der Waals surface area contributed by atoms with E-state index in [-0.39, 0.29) is 19.1 Å². The Balaban J connectivity index is 1.45. The quantitative estimate of drug-likeness (QED) is 0.0803. The summed E-state index contributed by atoms with van der Waals surface area (Å²) in [7, 11) is 0. The van der Waals surface area contributed by atoms with Crippen LogP contribution in [-0.4, -0.2) is 49.8 Å². The van der Waals surface area contributed by atoms with Crippen molar-refractivity contribution >= 4 is 22.8 Å². The molecule has 14 heteroatoms. The van der Waals surface area contributed by atoms with Crippen molar-refractivity contribution in [1.82, 2.24) is 24.7 Å². The van der Waals surface area contributed by atoms with Crippen LogP contribution in [0.25, 0.3) is 27.8 Å². The number of aryl methyl sites for hydroxylation is 2. The number of benzene rings is 2. The molecule has 3 aromatic heterocycles. The zero-order valence-corrected chi connectivity index (χ0v) is 28.0. The minimum atomic E-state index is -4.56. The Hall–Kier alpha value is -4.82. The molecular weight excluding hydrogens is 652 g/mol. The Morgan fingerprint density at radius 1 is 1.08 bits per heavy atom. The van der Waals surface area contributed by atoms with Gasteiger partial charge in [0, 0.05) is 60.2 Å². The number of nitrogens with zero attached hydrogens (tertiary/aromatic N) is 5. The normalized spacial score (nSPS) is 13.9. The van der Waals surface area contributed by atoms with E-state index in [2.05, 4.69) is 28.8 Å². The molecule has 0 radical (unpaired) electrons. The molecule has 5 N–H and O–H groups in total. The first-order valence-corrected chi connectivity index (χ1v) is 16.8. The average Bonchev–Trinajstić information content (AvgIpc) is 3.75. The molecule has 0 saturated carbocycles. The number of H-pyrrole nitrogens is 1. The molecule has 4 heterocycles. The lowest BCUT2D eigenvalue weighted by molar-refractivity contribution is -0.146. The van der Waals surface area contributed by atoms with Crippen molar-refractivity contribution in [3.05, 3.63) is 88.3 Å². The van der Waals surface area contributed by atoms with Crippen LogP contribution in [0.3, 0.4) is 0 Å². The molecule has 1 aliphatic heterocycles. The van der Waals surface area contributed by atoms with Gasteiger partial charge < -0.3 is 26.1 Å². The fraction of sp³-hybridized carbons (Fsp3) is 0.389. The molecule has 6 rings (SSSR count). The third kappa shape index (κ3) is 6.81. The summed E-state index contributed by atoms with van der Waals surface area (Å²) >= 11 is 0. The van der Waals surface area contributed by atoms with Gasteiger partial charge in [0.2, 0.25) is 5.95 Å². The van der Waals surface area contributed by atoms with Crippen LogP contribution in [0.5, 0.6) is 0 Å². The van der Waals surface area contributed by atoms with Gasteiger partial charge in [-0.25, -0.2) is 19.0 Å². The Morgan fingerprint density at radius 3 is 2.46 bits per heavy atom. The molecule has 50 heavy (non-hydrogen) atoms. The maximum Gasteiger partial charge on any atom is 0.419 e. The maximum atomic E-state index is 16.7. The first-order valence-electron chi connectivity index (χ1n) is 16.8. The summed E-state index contributed by atoms with van der Waals surface area (Å²) in [5.41, 5.74) is 16.9. The standard InChI is InChI=1S/C36H40F4N8O2/c1-3-21-8-7-9-22(4-2)32(21)48-33(26-19-47(15-12-29(26)46-48)35-44-17-24(18-45-35)36(38,39)40)30-25-11-14-43-31(25)23(16-27(30)37)20-50-34(49)28(42)10-5-6-13-41/h7-9,11,14,16-18,28,43H,3-6,10,12-13,15,19-20,41-42H2,1-2H3/t28-/m0/s1. The van der Waals surface area contributed by atoms with Crippen LogP contribution in [0.1, 0.15) is 66.6 Å². The summed E-state index contributed by atoms with van der Waals surface area (Å²) in [6.45, 7) is 5.02. The molecule has 1 atom stereocenters. The highest BCUT2D eigenvalue weighted by atomic mass is 19.4. The summed E-state index contributed by atoms with van der Waals surface area (Å²) in [4.78, 5) is 25.7. The number of fused-ring (bicyclic) bond motifs is 2. The smallest absolute Gasteiger partial charge is 0.419 e. The molecule has 0 amide bonds. The Bertz CT molecular complexity index is 1960. The summed E-state index contributed by atoms with van der Waals surface area (Å²) in [5.74, 6) is -0.988. The van der Waals surface area contributed by atoms with Gasteiger partial charge in [-0.05, 0) is 55.5 Å². The minimum Gasteiger partial charge on any atom is -0.460 e. The van der Waals surface area contributed by atoms with Gasteiger partial charge in [0.1, 0.15) is 18.5 Å². The number of unbranched alkanes of at least 4 members (excludes halogenated alkanes) is 1. The van der Waals surface area contributed by atoms with Crippen LogP contribution >= 0.6 is 0 Å². The number of esters is 1. The van der Waals surface area contributed by atoms with E-state index in [0.717, 1.165) is 46.9 Å².